The molecular weight excluding hydrogens is 247 g/mol. The summed E-state index contributed by atoms with van der Waals surface area (Å²) in [5, 5.41) is 9.24. The van der Waals surface area contributed by atoms with Gasteiger partial charge in [0.05, 0.1) is 6.61 Å². The summed E-state index contributed by atoms with van der Waals surface area (Å²) in [4.78, 5) is 0. The Morgan fingerprint density at radius 3 is 2.33 bits per heavy atom. The number of aliphatic hydroxyl groups excluding tert-OH is 1. The molecule has 1 fully saturated rings. The van der Waals surface area contributed by atoms with Crippen LogP contribution in [-0.4, -0.2) is 24.6 Å². The Balaban J connectivity index is 2.06. The van der Waals surface area contributed by atoms with Gasteiger partial charge in [0, 0.05) is 12.0 Å². The SMILES string of the molecule is NCC1(CO)CC1c1ccc(OC(F)(F)F)cc1. The Bertz CT molecular complexity index is 412. The third-order valence-corrected chi connectivity index (χ3v) is 3.43. The van der Waals surface area contributed by atoms with Gasteiger partial charge in [0.15, 0.2) is 0 Å². The Kier molecular flexibility index (Phi) is 3.25. The zero-order chi connectivity index (χ0) is 13.4. The summed E-state index contributed by atoms with van der Waals surface area (Å²) >= 11 is 0. The monoisotopic (exact) mass is 261 g/mol. The normalized spacial score (nSPS) is 27.1. The fourth-order valence-electron chi connectivity index (χ4n) is 2.19. The molecule has 2 unspecified atom stereocenters. The lowest BCUT2D eigenvalue weighted by Crippen LogP contribution is -2.21. The minimum atomic E-state index is -4.67. The van der Waals surface area contributed by atoms with Gasteiger partial charge in [-0.15, -0.1) is 13.2 Å². The molecule has 3 N–H and O–H groups in total. The maximum absolute atomic E-state index is 12.0. The summed E-state index contributed by atoms with van der Waals surface area (Å²) in [6.45, 7) is 0.365. The predicted molar refractivity (Wildman–Crippen MR) is 59.1 cm³/mol. The van der Waals surface area contributed by atoms with Gasteiger partial charge < -0.3 is 15.6 Å². The van der Waals surface area contributed by atoms with Gasteiger partial charge in [0.2, 0.25) is 0 Å². The van der Waals surface area contributed by atoms with Crippen molar-refractivity contribution < 1.29 is 23.0 Å². The van der Waals surface area contributed by atoms with E-state index in [1.165, 1.54) is 12.1 Å². The van der Waals surface area contributed by atoms with Crippen LogP contribution >= 0.6 is 0 Å². The maximum atomic E-state index is 12.0. The van der Waals surface area contributed by atoms with Crippen molar-refractivity contribution in [3.05, 3.63) is 29.8 Å². The molecule has 1 aliphatic rings. The zero-order valence-corrected chi connectivity index (χ0v) is 9.57. The first-order chi connectivity index (χ1) is 8.40. The number of ether oxygens (including phenoxy) is 1. The fourth-order valence-corrected chi connectivity index (χ4v) is 2.19. The highest BCUT2D eigenvalue weighted by atomic mass is 19.4. The quantitative estimate of drug-likeness (QED) is 0.871. The van der Waals surface area contributed by atoms with Crippen LogP contribution in [0.4, 0.5) is 13.2 Å². The summed E-state index contributed by atoms with van der Waals surface area (Å²) in [5.74, 6) is -0.123. The molecule has 100 valence electrons. The molecule has 18 heavy (non-hydrogen) atoms. The van der Waals surface area contributed by atoms with Crippen molar-refractivity contribution >= 4 is 0 Å². The van der Waals surface area contributed by atoms with E-state index in [-0.39, 0.29) is 23.7 Å². The second-order valence-electron chi connectivity index (χ2n) is 4.60. The summed E-state index contributed by atoms with van der Waals surface area (Å²) in [5.41, 5.74) is 6.17. The molecule has 0 heterocycles. The van der Waals surface area contributed by atoms with E-state index < -0.39 is 6.36 Å². The Morgan fingerprint density at radius 2 is 1.94 bits per heavy atom. The number of hydrogen-bond donors (Lipinski definition) is 2. The van der Waals surface area contributed by atoms with Crippen LogP contribution < -0.4 is 10.5 Å². The van der Waals surface area contributed by atoms with E-state index in [0.29, 0.717) is 6.54 Å². The van der Waals surface area contributed by atoms with Crippen LogP contribution in [0.15, 0.2) is 24.3 Å². The van der Waals surface area contributed by atoms with Crippen LogP contribution in [0.25, 0.3) is 0 Å². The highest BCUT2D eigenvalue weighted by molar-refractivity contribution is 5.35. The van der Waals surface area contributed by atoms with Crippen LogP contribution in [-0.2, 0) is 0 Å². The van der Waals surface area contributed by atoms with E-state index in [0.717, 1.165) is 12.0 Å². The predicted octanol–water partition coefficient (Wildman–Crippen LogP) is 2.01. The van der Waals surface area contributed by atoms with E-state index in [4.69, 9.17) is 5.73 Å². The number of alkyl halides is 3. The molecule has 0 aliphatic heterocycles. The highest BCUT2D eigenvalue weighted by Crippen LogP contribution is 2.58. The second-order valence-corrected chi connectivity index (χ2v) is 4.60. The van der Waals surface area contributed by atoms with Gasteiger partial charge in [0.1, 0.15) is 5.75 Å². The fraction of sp³-hybridized carbons (Fsp3) is 0.500. The first-order valence-corrected chi connectivity index (χ1v) is 5.57. The molecule has 6 heteroatoms. The van der Waals surface area contributed by atoms with E-state index in [9.17, 15) is 18.3 Å². The molecule has 1 aliphatic carbocycles. The lowest BCUT2D eigenvalue weighted by molar-refractivity contribution is -0.274. The smallest absolute Gasteiger partial charge is 0.406 e. The molecule has 2 rings (SSSR count). The maximum Gasteiger partial charge on any atom is 0.573 e. The molecule has 0 bridgehead atoms. The molecule has 0 saturated heterocycles. The van der Waals surface area contributed by atoms with Crippen LogP contribution in [0, 0.1) is 5.41 Å². The van der Waals surface area contributed by atoms with Crippen LogP contribution in [0.1, 0.15) is 17.9 Å². The lowest BCUT2D eigenvalue weighted by Gasteiger charge is -2.12. The Hall–Kier alpha value is -1.27. The molecule has 0 spiro atoms. The number of nitrogens with two attached hydrogens (primary N) is 1. The Morgan fingerprint density at radius 1 is 1.33 bits per heavy atom. The average molecular weight is 261 g/mol. The number of benzene rings is 1. The van der Waals surface area contributed by atoms with Gasteiger partial charge in [-0.2, -0.15) is 0 Å². The standard InChI is InChI=1S/C12H14F3NO2/c13-12(14,15)18-9-3-1-8(2-4-9)10-5-11(10,6-16)7-17/h1-4,10,17H,5-7,16H2. The second kappa shape index (κ2) is 4.44. The minimum Gasteiger partial charge on any atom is -0.406 e. The third kappa shape index (κ3) is 2.59. The van der Waals surface area contributed by atoms with Gasteiger partial charge in [0.25, 0.3) is 0 Å². The molecular formula is C12H14F3NO2. The third-order valence-electron chi connectivity index (χ3n) is 3.43. The number of hydrogen-bond acceptors (Lipinski definition) is 3. The molecule has 1 aromatic rings. The van der Waals surface area contributed by atoms with Crippen molar-refractivity contribution in [3.63, 3.8) is 0 Å². The molecule has 2 atom stereocenters. The van der Waals surface area contributed by atoms with Crippen LogP contribution in [0.3, 0.4) is 0 Å². The minimum absolute atomic E-state index is 0.00499. The van der Waals surface area contributed by atoms with Crippen molar-refractivity contribution in [1.82, 2.24) is 0 Å². The Labute approximate surface area is 102 Å². The summed E-state index contributed by atoms with van der Waals surface area (Å²) in [6.07, 6.45) is -3.91. The van der Waals surface area contributed by atoms with Crippen molar-refractivity contribution in [1.29, 1.82) is 0 Å². The number of aliphatic hydroxyl groups is 1. The molecule has 1 aromatic carbocycles. The van der Waals surface area contributed by atoms with E-state index in [1.807, 2.05) is 0 Å². The van der Waals surface area contributed by atoms with E-state index in [1.54, 1.807) is 12.1 Å². The largest absolute Gasteiger partial charge is 0.573 e. The summed E-state index contributed by atoms with van der Waals surface area (Å²) in [6, 6.07) is 5.72. The van der Waals surface area contributed by atoms with Gasteiger partial charge >= 0.3 is 6.36 Å². The van der Waals surface area contributed by atoms with Crippen molar-refractivity contribution in [2.75, 3.05) is 13.2 Å². The van der Waals surface area contributed by atoms with Crippen LogP contribution in [0.5, 0.6) is 5.75 Å². The van der Waals surface area contributed by atoms with Crippen LogP contribution in [0.2, 0.25) is 0 Å². The summed E-state index contributed by atoms with van der Waals surface area (Å²) in [7, 11) is 0. The molecule has 0 aromatic heterocycles. The molecule has 1 saturated carbocycles. The van der Waals surface area contributed by atoms with E-state index >= 15 is 0 Å². The first kappa shape index (κ1) is 13.2. The van der Waals surface area contributed by atoms with Gasteiger partial charge in [-0.3, -0.25) is 0 Å². The zero-order valence-electron chi connectivity index (χ0n) is 9.57. The van der Waals surface area contributed by atoms with Crippen molar-refractivity contribution in [3.8, 4) is 5.75 Å². The topological polar surface area (TPSA) is 55.5 Å². The average Bonchev–Trinajstić information content (AvgIpc) is 3.03. The van der Waals surface area contributed by atoms with E-state index in [2.05, 4.69) is 4.74 Å². The van der Waals surface area contributed by atoms with Gasteiger partial charge in [-0.05, 0) is 30.0 Å². The molecule has 0 radical (unpaired) electrons. The number of rotatable bonds is 4. The first-order valence-electron chi connectivity index (χ1n) is 5.57. The van der Waals surface area contributed by atoms with Crippen molar-refractivity contribution in [2.45, 2.75) is 18.7 Å². The van der Waals surface area contributed by atoms with Gasteiger partial charge in [-0.1, -0.05) is 12.1 Å². The van der Waals surface area contributed by atoms with Crippen molar-refractivity contribution in [2.24, 2.45) is 11.1 Å². The molecule has 3 nitrogen and oxygen atoms in total. The van der Waals surface area contributed by atoms with Gasteiger partial charge in [-0.25, -0.2) is 0 Å². The molecule has 0 amide bonds. The summed E-state index contributed by atoms with van der Waals surface area (Å²) < 4.78 is 39.7. The number of halogens is 3. The lowest BCUT2D eigenvalue weighted by atomic mass is 10.00. The highest BCUT2D eigenvalue weighted by Gasteiger charge is 2.53.